The number of carbonyl (C=O) groups is 2. The lowest BCUT2D eigenvalue weighted by Crippen LogP contribution is -2.22. The number of aromatic nitrogens is 4. The van der Waals surface area contributed by atoms with Crippen LogP contribution in [0.25, 0.3) is 5.82 Å². The first-order valence-electron chi connectivity index (χ1n) is 8.16. The highest BCUT2D eigenvalue weighted by Crippen LogP contribution is 2.35. The summed E-state index contributed by atoms with van der Waals surface area (Å²) in [5.74, 6) is -2.08. The number of ketones is 2. The van der Waals surface area contributed by atoms with Crippen LogP contribution in [0, 0.1) is 5.92 Å². The van der Waals surface area contributed by atoms with Crippen LogP contribution < -0.4 is 0 Å². The number of pyridine rings is 1. The van der Waals surface area contributed by atoms with Gasteiger partial charge in [0.25, 0.3) is 0 Å². The predicted octanol–water partition coefficient (Wildman–Crippen LogP) is 2.76. The molecule has 0 saturated heterocycles. The maximum absolute atomic E-state index is 13.5. The van der Waals surface area contributed by atoms with Gasteiger partial charge in [-0.15, -0.1) is 0 Å². The van der Waals surface area contributed by atoms with Crippen molar-refractivity contribution in [1.29, 1.82) is 0 Å². The highest BCUT2D eigenvalue weighted by molar-refractivity contribution is 6.27. The fourth-order valence-electron chi connectivity index (χ4n) is 2.40. The molecule has 3 rings (SSSR count). The number of hydrogen-bond acceptors (Lipinski definition) is 6. The first-order valence-corrected chi connectivity index (χ1v) is 8.16. The highest BCUT2D eigenvalue weighted by Gasteiger charge is 2.41. The van der Waals surface area contributed by atoms with Gasteiger partial charge in [0.1, 0.15) is 18.2 Å². The molecular formula is C17H15F3N4O3. The van der Waals surface area contributed by atoms with Gasteiger partial charge in [-0.2, -0.15) is 18.3 Å². The Labute approximate surface area is 151 Å². The van der Waals surface area contributed by atoms with Crippen LogP contribution in [-0.2, 0) is 15.7 Å². The van der Waals surface area contributed by atoms with Crippen molar-refractivity contribution in [2.24, 2.45) is 5.92 Å². The molecule has 0 spiro atoms. The Morgan fingerprint density at radius 3 is 2.63 bits per heavy atom. The van der Waals surface area contributed by atoms with Gasteiger partial charge < -0.3 is 4.74 Å². The molecule has 27 heavy (non-hydrogen) atoms. The standard InChI is InChI=1S/C17H15F3N4O3/c1-2-27-7-12(14(25)10-3-4-10)15(26)11-5-6-13(24-9-21-8-22-24)23-16(11)17(18,19)20/h5-10H,2-4H2,1H3. The topological polar surface area (TPSA) is 87.0 Å². The van der Waals surface area contributed by atoms with Crippen LogP contribution in [0.2, 0.25) is 0 Å². The number of allylic oxidation sites excluding steroid dienone is 1. The molecule has 1 aliphatic rings. The highest BCUT2D eigenvalue weighted by atomic mass is 19.4. The Bertz CT molecular complexity index is 887. The van der Waals surface area contributed by atoms with Gasteiger partial charge in [0, 0.05) is 5.92 Å². The Balaban J connectivity index is 2.05. The molecule has 0 atom stereocenters. The zero-order valence-electron chi connectivity index (χ0n) is 14.2. The van der Waals surface area contributed by atoms with Gasteiger partial charge >= 0.3 is 6.18 Å². The van der Waals surface area contributed by atoms with Gasteiger partial charge in [0.05, 0.1) is 18.4 Å². The predicted molar refractivity (Wildman–Crippen MR) is 85.9 cm³/mol. The molecular weight excluding hydrogens is 365 g/mol. The van der Waals surface area contributed by atoms with E-state index >= 15 is 0 Å². The van der Waals surface area contributed by atoms with Crippen LogP contribution in [0.15, 0.2) is 36.6 Å². The number of Topliss-reactive ketones (excluding diaryl/α,β-unsaturated/α-hetero) is 2. The number of rotatable bonds is 7. The van der Waals surface area contributed by atoms with E-state index in [1.807, 2.05) is 0 Å². The molecule has 0 radical (unpaired) electrons. The summed E-state index contributed by atoms with van der Waals surface area (Å²) in [5.41, 5.74) is -2.52. The molecule has 0 aromatic carbocycles. The average molecular weight is 380 g/mol. The largest absolute Gasteiger partial charge is 0.501 e. The summed E-state index contributed by atoms with van der Waals surface area (Å²) < 4.78 is 46.6. The third kappa shape index (κ3) is 4.04. The maximum Gasteiger partial charge on any atom is 0.434 e. The first kappa shape index (κ1) is 18.7. The van der Waals surface area contributed by atoms with Crippen molar-refractivity contribution in [1.82, 2.24) is 19.7 Å². The van der Waals surface area contributed by atoms with Crippen molar-refractivity contribution in [2.45, 2.75) is 25.9 Å². The number of hydrogen-bond donors (Lipinski definition) is 0. The van der Waals surface area contributed by atoms with Crippen LogP contribution in [0.4, 0.5) is 13.2 Å². The summed E-state index contributed by atoms with van der Waals surface area (Å²) in [6.07, 6.45) is -0.432. The smallest absolute Gasteiger partial charge is 0.434 e. The monoisotopic (exact) mass is 380 g/mol. The summed E-state index contributed by atoms with van der Waals surface area (Å²) in [7, 11) is 0. The Hall–Kier alpha value is -3.04. The minimum Gasteiger partial charge on any atom is -0.501 e. The molecule has 0 N–H and O–H groups in total. The van der Waals surface area contributed by atoms with Gasteiger partial charge in [0.2, 0.25) is 5.78 Å². The normalized spacial score (nSPS) is 14.9. The van der Waals surface area contributed by atoms with E-state index in [2.05, 4.69) is 15.1 Å². The van der Waals surface area contributed by atoms with Crippen LogP contribution in [0.3, 0.4) is 0 Å². The van der Waals surface area contributed by atoms with Crippen LogP contribution in [0.5, 0.6) is 0 Å². The van der Waals surface area contributed by atoms with Gasteiger partial charge in [-0.1, -0.05) is 0 Å². The van der Waals surface area contributed by atoms with E-state index in [0.29, 0.717) is 12.8 Å². The lowest BCUT2D eigenvalue weighted by molar-refractivity contribution is -0.141. The Morgan fingerprint density at radius 1 is 1.33 bits per heavy atom. The Kier molecular flexibility index (Phi) is 5.06. The van der Waals surface area contributed by atoms with Crippen LogP contribution in [-0.4, -0.2) is 37.9 Å². The molecule has 10 heteroatoms. The summed E-state index contributed by atoms with van der Waals surface area (Å²) >= 11 is 0. The number of ether oxygens (including phenoxy) is 1. The summed E-state index contributed by atoms with van der Waals surface area (Å²) in [6, 6.07) is 2.19. The van der Waals surface area contributed by atoms with Crippen molar-refractivity contribution in [3.05, 3.63) is 47.9 Å². The van der Waals surface area contributed by atoms with Crippen LogP contribution in [0.1, 0.15) is 35.8 Å². The summed E-state index contributed by atoms with van der Waals surface area (Å²) in [6.45, 7) is 1.81. The molecule has 1 aliphatic carbocycles. The van der Waals surface area contributed by atoms with E-state index in [0.717, 1.165) is 23.3 Å². The van der Waals surface area contributed by atoms with Gasteiger partial charge in [-0.3, -0.25) is 9.59 Å². The third-order valence-corrected chi connectivity index (χ3v) is 3.87. The number of halogens is 3. The van der Waals surface area contributed by atoms with Gasteiger partial charge in [-0.25, -0.2) is 14.6 Å². The van der Waals surface area contributed by atoms with Crippen LogP contribution >= 0.6 is 0 Å². The van der Waals surface area contributed by atoms with Crippen molar-refractivity contribution < 1.29 is 27.5 Å². The van der Waals surface area contributed by atoms with Crippen molar-refractivity contribution in [3.63, 3.8) is 0 Å². The molecule has 7 nitrogen and oxygen atoms in total. The molecule has 1 fully saturated rings. The summed E-state index contributed by atoms with van der Waals surface area (Å²) in [5, 5.41) is 3.72. The molecule has 142 valence electrons. The van der Waals surface area contributed by atoms with Crippen molar-refractivity contribution in [2.75, 3.05) is 6.61 Å². The molecule has 0 aliphatic heterocycles. The number of nitrogens with zero attached hydrogens (tertiary/aromatic N) is 4. The maximum atomic E-state index is 13.5. The zero-order valence-corrected chi connectivity index (χ0v) is 14.2. The third-order valence-electron chi connectivity index (χ3n) is 3.87. The number of alkyl halides is 3. The fraction of sp³-hybridized carbons (Fsp3) is 0.353. The second-order valence-electron chi connectivity index (χ2n) is 5.86. The van der Waals surface area contributed by atoms with E-state index < -0.39 is 34.6 Å². The second kappa shape index (κ2) is 7.29. The molecule has 2 heterocycles. The van der Waals surface area contributed by atoms with E-state index in [-0.39, 0.29) is 18.3 Å². The van der Waals surface area contributed by atoms with E-state index in [4.69, 9.17) is 4.74 Å². The molecule has 0 bridgehead atoms. The minimum atomic E-state index is -4.90. The average Bonchev–Trinajstić information content (AvgIpc) is 3.34. The lowest BCUT2D eigenvalue weighted by Gasteiger charge is -2.13. The second-order valence-corrected chi connectivity index (χ2v) is 5.86. The first-order chi connectivity index (χ1) is 12.8. The van der Waals surface area contributed by atoms with Crippen molar-refractivity contribution in [3.8, 4) is 5.82 Å². The van der Waals surface area contributed by atoms with E-state index in [1.165, 1.54) is 12.4 Å². The SMILES string of the molecule is CCOC=C(C(=O)c1ccc(-n2cncn2)nc1C(F)(F)F)C(=O)C1CC1. The van der Waals surface area contributed by atoms with Gasteiger partial charge in [0.15, 0.2) is 17.3 Å². The van der Waals surface area contributed by atoms with E-state index in [9.17, 15) is 22.8 Å². The molecule has 2 aromatic heterocycles. The number of carbonyl (C=O) groups excluding carboxylic acids is 2. The van der Waals surface area contributed by atoms with Crippen molar-refractivity contribution >= 4 is 11.6 Å². The van der Waals surface area contributed by atoms with Gasteiger partial charge in [-0.05, 0) is 31.9 Å². The molecule has 2 aromatic rings. The minimum absolute atomic E-state index is 0.153. The molecule has 1 saturated carbocycles. The fourth-order valence-corrected chi connectivity index (χ4v) is 2.40. The quantitative estimate of drug-likeness (QED) is 0.241. The lowest BCUT2D eigenvalue weighted by atomic mass is 9.97. The zero-order chi connectivity index (χ0) is 19.6. The van der Waals surface area contributed by atoms with E-state index in [1.54, 1.807) is 6.92 Å². The molecule has 0 unspecified atom stereocenters. The Morgan fingerprint density at radius 2 is 2.07 bits per heavy atom. The summed E-state index contributed by atoms with van der Waals surface area (Å²) in [4.78, 5) is 32.3. The molecule has 0 amide bonds.